The van der Waals surface area contributed by atoms with Crippen LogP contribution < -0.4 is 4.72 Å². The molecule has 2 nitrogen and oxygen atoms in total. The first-order chi connectivity index (χ1) is 10.6. The Bertz CT molecular complexity index is 790. The Hall–Kier alpha value is -1.98. The quantitative estimate of drug-likeness (QED) is 0.470. The molecule has 0 amide bonds. The second kappa shape index (κ2) is 6.42. The van der Waals surface area contributed by atoms with Crippen LogP contribution in [0, 0.1) is 11.6 Å². The number of aromatic amines is 1. The summed E-state index contributed by atoms with van der Waals surface area (Å²) in [6.07, 6.45) is 1.80. The van der Waals surface area contributed by atoms with Gasteiger partial charge >= 0.3 is 0 Å². The normalized spacial score (nSPS) is 10.7. The maximum Gasteiger partial charge on any atom is 0.148 e. The minimum Gasteiger partial charge on any atom is -0.360 e. The van der Waals surface area contributed by atoms with Crippen molar-refractivity contribution in [2.75, 3.05) is 4.72 Å². The van der Waals surface area contributed by atoms with E-state index in [9.17, 15) is 8.78 Å². The molecular weight excluding hydrogens is 326 g/mol. The summed E-state index contributed by atoms with van der Waals surface area (Å²) in [5.41, 5.74) is 2.06. The summed E-state index contributed by atoms with van der Waals surface area (Å²) in [6, 6.07) is 13.7. The monoisotopic (exact) mass is 336 g/mol. The van der Waals surface area contributed by atoms with Crippen LogP contribution >= 0.6 is 23.5 Å². The number of aromatic nitrogens is 1. The van der Waals surface area contributed by atoms with E-state index in [2.05, 4.69) is 9.71 Å². The van der Waals surface area contributed by atoms with E-state index in [1.54, 1.807) is 6.20 Å². The molecule has 2 aromatic carbocycles. The number of hydrogen-bond donors (Lipinski definition) is 2. The molecule has 6 heteroatoms. The van der Waals surface area contributed by atoms with Crippen molar-refractivity contribution in [2.24, 2.45) is 0 Å². The van der Waals surface area contributed by atoms with Gasteiger partial charge in [-0.15, -0.1) is 0 Å². The summed E-state index contributed by atoms with van der Waals surface area (Å²) in [4.78, 5) is 4.00. The molecule has 0 aliphatic rings. The molecule has 112 valence electrons. The third-order valence-corrected chi connectivity index (χ3v) is 4.11. The predicted octanol–water partition coefficient (Wildman–Crippen LogP) is 5.73. The Kier molecular flexibility index (Phi) is 4.36. The lowest BCUT2D eigenvalue weighted by molar-refractivity contribution is 0.604. The van der Waals surface area contributed by atoms with Gasteiger partial charge in [-0.05, 0) is 29.6 Å². The fraction of sp³-hybridized carbons (Fsp3) is 0. The van der Waals surface area contributed by atoms with Crippen LogP contribution in [-0.4, -0.2) is 4.98 Å². The molecule has 1 heterocycles. The van der Waals surface area contributed by atoms with Gasteiger partial charge in [0.15, 0.2) is 0 Å². The zero-order chi connectivity index (χ0) is 15.5. The second-order valence-electron chi connectivity index (χ2n) is 4.57. The number of halogens is 3. The third kappa shape index (κ3) is 3.26. The fourth-order valence-corrected chi connectivity index (χ4v) is 2.76. The van der Waals surface area contributed by atoms with E-state index < -0.39 is 11.6 Å². The Morgan fingerprint density at radius 1 is 1.00 bits per heavy atom. The molecule has 0 atom stereocenters. The van der Waals surface area contributed by atoms with Crippen LogP contribution in [0.15, 0.2) is 59.6 Å². The molecule has 22 heavy (non-hydrogen) atoms. The van der Waals surface area contributed by atoms with E-state index in [4.69, 9.17) is 11.6 Å². The molecule has 2 N–H and O–H groups in total. The second-order valence-corrected chi connectivity index (χ2v) is 5.85. The highest BCUT2D eigenvalue weighted by atomic mass is 35.5. The first kappa shape index (κ1) is 14.9. The molecule has 0 bridgehead atoms. The van der Waals surface area contributed by atoms with Crippen LogP contribution in [-0.2, 0) is 0 Å². The number of hydrogen-bond acceptors (Lipinski definition) is 2. The molecule has 0 aliphatic carbocycles. The van der Waals surface area contributed by atoms with Crippen LogP contribution in [0.2, 0.25) is 5.02 Å². The van der Waals surface area contributed by atoms with Crippen LogP contribution in [0.3, 0.4) is 0 Å². The first-order valence-corrected chi connectivity index (χ1v) is 7.64. The molecule has 1 aromatic heterocycles. The number of benzene rings is 2. The van der Waals surface area contributed by atoms with Crippen molar-refractivity contribution >= 4 is 29.2 Å². The number of nitrogens with one attached hydrogen (secondary N) is 2. The highest BCUT2D eigenvalue weighted by molar-refractivity contribution is 8.00. The number of H-pyrrole nitrogens is 1. The Balaban J connectivity index is 1.73. The molecule has 0 radical (unpaired) electrons. The Morgan fingerprint density at radius 2 is 1.77 bits per heavy atom. The predicted molar refractivity (Wildman–Crippen MR) is 87.1 cm³/mol. The SMILES string of the molecule is Fc1cc(NSc2c[nH]c(-c3ccccc3)c2)c(F)cc1Cl. The molecule has 3 aromatic rings. The number of anilines is 1. The summed E-state index contributed by atoms with van der Waals surface area (Å²) in [5.74, 6) is -1.26. The molecule has 0 unspecified atom stereocenters. The maximum absolute atomic E-state index is 13.7. The highest BCUT2D eigenvalue weighted by Crippen LogP contribution is 2.29. The van der Waals surface area contributed by atoms with Crippen LogP contribution in [0.1, 0.15) is 0 Å². The molecule has 0 fully saturated rings. The zero-order valence-electron chi connectivity index (χ0n) is 11.2. The Labute approximate surface area is 135 Å². The highest BCUT2D eigenvalue weighted by Gasteiger charge is 2.09. The van der Waals surface area contributed by atoms with Gasteiger partial charge in [0.25, 0.3) is 0 Å². The van der Waals surface area contributed by atoms with Gasteiger partial charge in [0.1, 0.15) is 11.6 Å². The lowest BCUT2D eigenvalue weighted by Crippen LogP contribution is -1.92. The van der Waals surface area contributed by atoms with Gasteiger partial charge in [-0.25, -0.2) is 8.78 Å². The van der Waals surface area contributed by atoms with Gasteiger partial charge in [-0.1, -0.05) is 41.9 Å². The van der Waals surface area contributed by atoms with Gasteiger partial charge in [-0.2, -0.15) is 0 Å². The molecule has 0 spiro atoms. The summed E-state index contributed by atoms with van der Waals surface area (Å²) in [5, 5.41) is -0.235. The van der Waals surface area contributed by atoms with E-state index in [0.29, 0.717) is 0 Å². The lowest BCUT2D eigenvalue weighted by Gasteiger charge is -2.06. The molecular formula is C16H11ClF2N2S. The molecule has 0 saturated heterocycles. The topological polar surface area (TPSA) is 27.8 Å². The summed E-state index contributed by atoms with van der Waals surface area (Å²) in [6.45, 7) is 0. The van der Waals surface area contributed by atoms with Gasteiger partial charge in [-0.3, -0.25) is 0 Å². The third-order valence-electron chi connectivity index (χ3n) is 3.03. The van der Waals surface area contributed by atoms with E-state index in [0.717, 1.165) is 28.3 Å². The first-order valence-electron chi connectivity index (χ1n) is 6.45. The Morgan fingerprint density at radius 3 is 2.55 bits per heavy atom. The van der Waals surface area contributed by atoms with Crippen LogP contribution in [0.4, 0.5) is 14.5 Å². The lowest BCUT2D eigenvalue weighted by atomic mass is 10.2. The van der Waals surface area contributed by atoms with E-state index >= 15 is 0 Å². The van der Waals surface area contributed by atoms with Crippen molar-refractivity contribution < 1.29 is 8.78 Å². The van der Waals surface area contributed by atoms with Gasteiger partial charge in [0.05, 0.1) is 10.7 Å². The minimum absolute atomic E-state index is 0.0503. The summed E-state index contributed by atoms with van der Waals surface area (Å²) < 4.78 is 29.8. The van der Waals surface area contributed by atoms with Crippen LogP contribution in [0.25, 0.3) is 11.3 Å². The van der Waals surface area contributed by atoms with Crippen LogP contribution in [0.5, 0.6) is 0 Å². The average molecular weight is 337 g/mol. The van der Waals surface area contributed by atoms with E-state index in [1.807, 2.05) is 36.4 Å². The van der Waals surface area contributed by atoms with Crippen molar-refractivity contribution in [1.29, 1.82) is 0 Å². The summed E-state index contributed by atoms with van der Waals surface area (Å²) in [7, 11) is 0. The van der Waals surface area contributed by atoms with Crippen molar-refractivity contribution in [3.05, 3.63) is 71.4 Å². The fourth-order valence-electron chi connectivity index (χ4n) is 1.93. The zero-order valence-corrected chi connectivity index (χ0v) is 12.8. The van der Waals surface area contributed by atoms with Crippen molar-refractivity contribution in [2.45, 2.75) is 4.90 Å². The molecule has 3 rings (SSSR count). The summed E-state index contributed by atoms with van der Waals surface area (Å²) >= 11 is 6.71. The number of rotatable bonds is 4. The standard InChI is InChI=1S/C16H11ClF2N2S/c17-12-7-14(19)16(8-13(12)18)21-22-11-6-15(20-9-11)10-4-2-1-3-5-10/h1-9,20-21H. The largest absolute Gasteiger partial charge is 0.360 e. The molecule has 0 aliphatic heterocycles. The van der Waals surface area contributed by atoms with Crippen molar-refractivity contribution in [3.8, 4) is 11.3 Å². The van der Waals surface area contributed by atoms with Crippen molar-refractivity contribution in [1.82, 2.24) is 4.98 Å². The maximum atomic E-state index is 13.7. The average Bonchev–Trinajstić information content (AvgIpc) is 2.99. The van der Waals surface area contributed by atoms with Crippen molar-refractivity contribution in [3.63, 3.8) is 0 Å². The smallest absolute Gasteiger partial charge is 0.148 e. The van der Waals surface area contributed by atoms with Gasteiger partial charge in [0.2, 0.25) is 0 Å². The van der Waals surface area contributed by atoms with E-state index in [1.165, 1.54) is 11.9 Å². The van der Waals surface area contributed by atoms with E-state index in [-0.39, 0.29) is 10.7 Å². The molecule has 0 saturated carbocycles. The minimum atomic E-state index is -0.662. The van der Waals surface area contributed by atoms with Gasteiger partial charge < -0.3 is 9.71 Å². The van der Waals surface area contributed by atoms with Gasteiger partial charge in [0, 0.05) is 22.9 Å².